The summed E-state index contributed by atoms with van der Waals surface area (Å²) in [5.74, 6) is -1.18. The third-order valence-corrected chi connectivity index (χ3v) is 3.27. The standard InChI is InChI=1S/C18H24O4/c1-4-9-16(18(20)21-5-2)14(3)22-17(19)13-12-15-10-7-6-8-11-15/h6-8,10-14,16H,4-5,9H2,1-3H3. The van der Waals surface area contributed by atoms with Gasteiger partial charge in [-0.3, -0.25) is 4.79 Å². The van der Waals surface area contributed by atoms with Crippen LogP contribution in [0.1, 0.15) is 39.2 Å². The van der Waals surface area contributed by atoms with Crippen LogP contribution >= 0.6 is 0 Å². The number of carbonyl (C=O) groups is 2. The van der Waals surface area contributed by atoms with Gasteiger partial charge in [0.05, 0.1) is 12.5 Å². The van der Waals surface area contributed by atoms with Crippen molar-refractivity contribution in [1.82, 2.24) is 0 Å². The predicted molar refractivity (Wildman–Crippen MR) is 86.1 cm³/mol. The Hall–Kier alpha value is -2.10. The Morgan fingerprint density at radius 2 is 1.86 bits per heavy atom. The second kappa shape index (κ2) is 9.77. The Labute approximate surface area is 132 Å². The smallest absolute Gasteiger partial charge is 0.331 e. The minimum atomic E-state index is -0.507. The van der Waals surface area contributed by atoms with Gasteiger partial charge < -0.3 is 9.47 Å². The summed E-state index contributed by atoms with van der Waals surface area (Å²) in [7, 11) is 0. The number of hydrogen-bond donors (Lipinski definition) is 0. The highest BCUT2D eigenvalue weighted by molar-refractivity contribution is 5.87. The Morgan fingerprint density at radius 3 is 2.45 bits per heavy atom. The highest BCUT2D eigenvalue weighted by Gasteiger charge is 2.27. The topological polar surface area (TPSA) is 52.6 Å². The molecule has 0 fully saturated rings. The molecule has 0 amide bonds. The van der Waals surface area contributed by atoms with Crippen molar-refractivity contribution in [2.24, 2.45) is 5.92 Å². The molecular formula is C18H24O4. The first-order valence-corrected chi connectivity index (χ1v) is 7.68. The van der Waals surface area contributed by atoms with Crippen molar-refractivity contribution in [2.45, 2.75) is 39.7 Å². The van der Waals surface area contributed by atoms with Crippen molar-refractivity contribution in [3.05, 3.63) is 42.0 Å². The molecule has 0 saturated heterocycles. The van der Waals surface area contributed by atoms with E-state index in [0.717, 1.165) is 12.0 Å². The Bertz CT molecular complexity index is 493. The van der Waals surface area contributed by atoms with Crippen LogP contribution in [0, 0.1) is 5.92 Å². The van der Waals surface area contributed by atoms with Crippen LogP contribution in [0.5, 0.6) is 0 Å². The van der Waals surface area contributed by atoms with Crippen LogP contribution in [0.4, 0.5) is 0 Å². The molecule has 0 heterocycles. The molecule has 4 nitrogen and oxygen atoms in total. The fourth-order valence-electron chi connectivity index (χ4n) is 2.14. The van der Waals surface area contributed by atoms with Crippen molar-refractivity contribution in [1.29, 1.82) is 0 Å². The summed E-state index contributed by atoms with van der Waals surface area (Å²) in [5.41, 5.74) is 0.919. The van der Waals surface area contributed by atoms with E-state index >= 15 is 0 Å². The number of ether oxygens (including phenoxy) is 2. The zero-order valence-electron chi connectivity index (χ0n) is 13.5. The third-order valence-electron chi connectivity index (χ3n) is 3.27. The molecule has 2 unspecified atom stereocenters. The third kappa shape index (κ3) is 6.12. The molecule has 0 aromatic heterocycles. The fraction of sp³-hybridized carbons (Fsp3) is 0.444. The predicted octanol–water partition coefficient (Wildman–Crippen LogP) is 3.61. The minimum absolute atomic E-state index is 0.309. The number of rotatable bonds is 8. The number of carbonyl (C=O) groups excluding carboxylic acids is 2. The van der Waals surface area contributed by atoms with Crippen molar-refractivity contribution >= 4 is 18.0 Å². The van der Waals surface area contributed by atoms with Crippen molar-refractivity contribution in [2.75, 3.05) is 6.61 Å². The van der Waals surface area contributed by atoms with E-state index in [1.165, 1.54) is 6.08 Å². The normalized spacial score (nSPS) is 13.6. The van der Waals surface area contributed by atoms with Gasteiger partial charge in [-0.15, -0.1) is 0 Å². The van der Waals surface area contributed by atoms with Gasteiger partial charge in [0.1, 0.15) is 6.10 Å². The molecule has 0 spiro atoms. The highest BCUT2D eigenvalue weighted by Crippen LogP contribution is 2.17. The Balaban J connectivity index is 2.60. The van der Waals surface area contributed by atoms with Gasteiger partial charge in [0.15, 0.2) is 0 Å². The fourth-order valence-corrected chi connectivity index (χ4v) is 2.14. The lowest BCUT2D eigenvalue weighted by Crippen LogP contribution is -2.31. The quantitative estimate of drug-likeness (QED) is 0.544. The summed E-state index contributed by atoms with van der Waals surface area (Å²) in [4.78, 5) is 23.8. The van der Waals surface area contributed by atoms with Crippen LogP contribution in [-0.4, -0.2) is 24.6 Å². The molecule has 0 aliphatic heterocycles. The van der Waals surface area contributed by atoms with E-state index in [0.29, 0.717) is 13.0 Å². The summed E-state index contributed by atoms with van der Waals surface area (Å²) in [5, 5.41) is 0. The van der Waals surface area contributed by atoms with E-state index in [1.807, 2.05) is 37.3 Å². The second-order valence-corrected chi connectivity index (χ2v) is 5.03. The summed E-state index contributed by atoms with van der Waals surface area (Å²) in [6.07, 6.45) is 4.02. The van der Waals surface area contributed by atoms with Crippen LogP contribution in [-0.2, 0) is 19.1 Å². The first-order valence-electron chi connectivity index (χ1n) is 7.68. The SMILES string of the molecule is CCCC(C(=O)OCC)C(C)OC(=O)C=Cc1ccccc1. The van der Waals surface area contributed by atoms with Crippen LogP contribution in [0.3, 0.4) is 0 Å². The molecule has 0 aliphatic carbocycles. The van der Waals surface area contributed by atoms with Gasteiger partial charge in [-0.2, -0.15) is 0 Å². The van der Waals surface area contributed by atoms with Crippen LogP contribution in [0.25, 0.3) is 6.08 Å². The molecule has 1 aromatic carbocycles. The largest absolute Gasteiger partial charge is 0.466 e. The molecule has 1 aromatic rings. The lowest BCUT2D eigenvalue weighted by molar-refractivity contribution is -0.158. The number of hydrogen-bond acceptors (Lipinski definition) is 4. The van der Waals surface area contributed by atoms with E-state index in [4.69, 9.17) is 9.47 Å². The van der Waals surface area contributed by atoms with Crippen molar-refractivity contribution in [3.63, 3.8) is 0 Å². The minimum Gasteiger partial charge on any atom is -0.466 e. The van der Waals surface area contributed by atoms with Gasteiger partial charge in [0.2, 0.25) is 0 Å². The maximum Gasteiger partial charge on any atom is 0.331 e. The second-order valence-electron chi connectivity index (χ2n) is 5.03. The Kier molecular flexibility index (Phi) is 7.97. The average molecular weight is 304 g/mol. The van der Waals surface area contributed by atoms with Crippen LogP contribution in [0.15, 0.2) is 36.4 Å². The van der Waals surface area contributed by atoms with Gasteiger partial charge in [-0.05, 0) is 31.9 Å². The van der Waals surface area contributed by atoms with Gasteiger partial charge in [-0.25, -0.2) is 4.79 Å². The lowest BCUT2D eigenvalue weighted by atomic mass is 9.98. The van der Waals surface area contributed by atoms with Crippen LogP contribution < -0.4 is 0 Å². The molecule has 4 heteroatoms. The molecule has 0 bridgehead atoms. The zero-order chi connectivity index (χ0) is 16.4. The molecule has 22 heavy (non-hydrogen) atoms. The Morgan fingerprint density at radius 1 is 1.18 bits per heavy atom. The summed E-state index contributed by atoms with van der Waals surface area (Å²) >= 11 is 0. The molecule has 0 saturated carbocycles. The average Bonchev–Trinajstić information content (AvgIpc) is 2.51. The van der Waals surface area contributed by atoms with E-state index in [1.54, 1.807) is 19.9 Å². The van der Waals surface area contributed by atoms with E-state index in [-0.39, 0.29) is 5.97 Å². The maximum absolute atomic E-state index is 11.9. The highest BCUT2D eigenvalue weighted by atomic mass is 16.6. The lowest BCUT2D eigenvalue weighted by Gasteiger charge is -2.21. The van der Waals surface area contributed by atoms with Crippen molar-refractivity contribution < 1.29 is 19.1 Å². The van der Waals surface area contributed by atoms with E-state index in [2.05, 4.69) is 0 Å². The molecular weight excluding hydrogens is 280 g/mol. The molecule has 0 radical (unpaired) electrons. The molecule has 0 aliphatic rings. The summed E-state index contributed by atoms with van der Waals surface area (Å²) < 4.78 is 10.4. The molecule has 0 N–H and O–H groups in total. The van der Waals surface area contributed by atoms with Gasteiger partial charge >= 0.3 is 11.9 Å². The van der Waals surface area contributed by atoms with Crippen molar-refractivity contribution in [3.8, 4) is 0 Å². The van der Waals surface area contributed by atoms with Crippen LogP contribution in [0.2, 0.25) is 0 Å². The maximum atomic E-state index is 11.9. The first-order chi connectivity index (χ1) is 10.6. The van der Waals surface area contributed by atoms with Gasteiger partial charge in [0.25, 0.3) is 0 Å². The summed E-state index contributed by atoms with van der Waals surface area (Å²) in [6.45, 7) is 5.80. The van der Waals surface area contributed by atoms with Gasteiger partial charge in [-0.1, -0.05) is 43.7 Å². The van der Waals surface area contributed by atoms with Gasteiger partial charge in [0, 0.05) is 6.08 Å². The molecule has 1 rings (SSSR count). The monoisotopic (exact) mass is 304 g/mol. The summed E-state index contributed by atoms with van der Waals surface area (Å²) in [6, 6.07) is 9.49. The number of esters is 2. The zero-order valence-corrected chi connectivity index (χ0v) is 13.5. The van der Waals surface area contributed by atoms with E-state index < -0.39 is 18.0 Å². The van der Waals surface area contributed by atoms with E-state index in [9.17, 15) is 9.59 Å². The first kappa shape index (κ1) is 18.0. The number of benzene rings is 1. The molecule has 2 atom stereocenters. The molecule has 120 valence electrons.